The topological polar surface area (TPSA) is 24.0 Å². The molecule has 1 aromatic carbocycles. The van der Waals surface area contributed by atoms with Crippen LogP contribution in [-0.2, 0) is 6.54 Å². The Labute approximate surface area is 127 Å². The van der Waals surface area contributed by atoms with Gasteiger partial charge in [0.25, 0.3) is 0 Å². The molecular formula is C14H17ClFN3S. The van der Waals surface area contributed by atoms with Gasteiger partial charge in [-0.2, -0.15) is 0 Å². The number of likely N-dealkylation sites (tertiary alicyclic amines) is 1. The quantitative estimate of drug-likeness (QED) is 0.852. The van der Waals surface area contributed by atoms with Crippen LogP contribution >= 0.6 is 23.8 Å². The minimum absolute atomic E-state index is 0.125. The third-order valence-corrected chi connectivity index (χ3v) is 4.71. The second-order valence-corrected chi connectivity index (χ2v) is 6.36. The van der Waals surface area contributed by atoms with Crippen LogP contribution in [0.25, 0.3) is 11.0 Å². The number of aromatic amines is 1. The first-order valence-corrected chi connectivity index (χ1v) is 7.59. The Morgan fingerprint density at radius 2 is 2.10 bits per heavy atom. The van der Waals surface area contributed by atoms with E-state index in [2.05, 4.69) is 16.9 Å². The first kappa shape index (κ1) is 14.0. The van der Waals surface area contributed by atoms with Gasteiger partial charge in [0.1, 0.15) is 5.82 Å². The van der Waals surface area contributed by atoms with E-state index < -0.39 is 5.82 Å². The van der Waals surface area contributed by atoms with Crippen molar-refractivity contribution in [2.75, 3.05) is 20.1 Å². The Morgan fingerprint density at radius 3 is 2.80 bits per heavy atom. The van der Waals surface area contributed by atoms with Crippen molar-refractivity contribution in [2.24, 2.45) is 5.92 Å². The lowest BCUT2D eigenvalue weighted by Gasteiger charge is -2.29. The molecule has 0 atom stereocenters. The minimum atomic E-state index is -0.398. The summed E-state index contributed by atoms with van der Waals surface area (Å²) in [6.45, 7) is 3.06. The van der Waals surface area contributed by atoms with E-state index >= 15 is 0 Å². The molecule has 1 aliphatic heterocycles. The molecule has 6 heteroatoms. The normalized spacial score (nSPS) is 17.9. The van der Waals surface area contributed by atoms with Gasteiger partial charge in [0, 0.05) is 12.6 Å². The Bertz CT molecular complexity index is 686. The summed E-state index contributed by atoms with van der Waals surface area (Å²) in [4.78, 5) is 5.45. The van der Waals surface area contributed by atoms with Crippen LogP contribution in [0.1, 0.15) is 12.8 Å². The van der Waals surface area contributed by atoms with Crippen LogP contribution < -0.4 is 0 Å². The zero-order valence-corrected chi connectivity index (χ0v) is 12.9. The third-order valence-electron chi connectivity index (χ3n) is 4.10. The van der Waals surface area contributed by atoms with Gasteiger partial charge in [-0.05, 0) is 57.2 Å². The number of benzene rings is 1. The number of aromatic nitrogens is 2. The Balaban J connectivity index is 1.93. The van der Waals surface area contributed by atoms with Gasteiger partial charge >= 0.3 is 0 Å². The molecule has 20 heavy (non-hydrogen) atoms. The third kappa shape index (κ3) is 2.62. The number of nitrogens with one attached hydrogen (secondary N) is 1. The summed E-state index contributed by atoms with van der Waals surface area (Å²) in [5.74, 6) is 0.195. The molecule has 0 radical (unpaired) electrons. The smallest absolute Gasteiger partial charge is 0.178 e. The maximum Gasteiger partial charge on any atom is 0.178 e. The van der Waals surface area contributed by atoms with Crippen LogP contribution in [0.4, 0.5) is 4.39 Å². The van der Waals surface area contributed by atoms with E-state index in [4.69, 9.17) is 23.8 Å². The van der Waals surface area contributed by atoms with E-state index in [1.807, 2.05) is 4.57 Å². The average molecular weight is 314 g/mol. The lowest BCUT2D eigenvalue weighted by molar-refractivity contribution is 0.206. The lowest BCUT2D eigenvalue weighted by Crippen LogP contribution is -2.31. The van der Waals surface area contributed by atoms with Crippen LogP contribution in [0.15, 0.2) is 12.1 Å². The minimum Gasteiger partial charge on any atom is -0.331 e. The highest BCUT2D eigenvalue weighted by atomic mass is 35.5. The Kier molecular flexibility index (Phi) is 3.84. The number of imidazole rings is 1. The maximum absolute atomic E-state index is 13.7. The van der Waals surface area contributed by atoms with Crippen molar-refractivity contribution in [3.63, 3.8) is 0 Å². The number of nitrogens with zero attached hydrogens (tertiary/aromatic N) is 2. The number of fused-ring (bicyclic) bond motifs is 1. The molecule has 0 aliphatic carbocycles. The van der Waals surface area contributed by atoms with Gasteiger partial charge in [0.05, 0.1) is 16.1 Å². The fraction of sp³-hybridized carbons (Fsp3) is 0.500. The van der Waals surface area contributed by atoms with Gasteiger partial charge in [0.2, 0.25) is 0 Å². The number of hydrogen-bond donors (Lipinski definition) is 1. The summed E-state index contributed by atoms with van der Waals surface area (Å²) in [7, 11) is 2.14. The first-order chi connectivity index (χ1) is 9.54. The largest absolute Gasteiger partial charge is 0.331 e. The molecule has 3 rings (SSSR count). The van der Waals surface area contributed by atoms with Gasteiger partial charge in [-0.15, -0.1) is 0 Å². The Morgan fingerprint density at radius 1 is 1.40 bits per heavy atom. The van der Waals surface area contributed by atoms with E-state index in [1.165, 1.54) is 6.07 Å². The van der Waals surface area contributed by atoms with Crippen molar-refractivity contribution < 1.29 is 4.39 Å². The van der Waals surface area contributed by atoms with Crippen molar-refractivity contribution >= 4 is 34.9 Å². The van der Waals surface area contributed by atoms with Crippen LogP contribution in [-0.4, -0.2) is 34.6 Å². The average Bonchev–Trinajstić information content (AvgIpc) is 2.69. The standard InChI is InChI=1S/C14H17ClFN3S/c1-18-4-2-9(3-5-18)8-19-13-7-11(16)10(15)6-12(13)17-14(19)20/h6-7,9H,2-5,8H2,1H3,(H,17,20). The second kappa shape index (κ2) is 5.47. The molecule has 0 saturated carbocycles. The molecule has 3 nitrogen and oxygen atoms in total. The fourth-order valence-corrected chi connectivity index (χ4v) is 3.28. The SMILES string of the molecule is CN1CCC(Cn2c(=S)[nH]c3cc(Cl)c(F)cc32)CC1. The number of hydrogen-bond acceptors (Lipinski definition) is 2. The molecule has 1 fully saturated rings. The second-order valence-electron chi connectivity index (χ2n) is 5.57. The van der Waals surface area contributed by atoms with Crippen molar-refractivity contribution in [1.82, 2.24) is 14.5 Å². The highest BCUT2D eigenvalue weighted by Gasteiger charge is 2.19. The monoisotopic (exact) mass is 313 g/mol. The molecule has 0 spiro atoms. The van der Waals surface area contributed by atoms with Crippen LogP contribution in [0.5, 0.6) is 0 Å². The summed E-state index contributed by atoms with van der Waals surface area (Å²) >= 11 is 11.2. The summed E-state index contributed by atoms with van der Waals surface area (Å²) in [6, 6.07) is 3.08. The van der Waals surface area contributed by atoms with Gasteiger partial charge in [-0.3, -0.25) is 0 Å². The highest BCUT2D eigenvalue weighted by Crippen LogP contribution is 2.25. The van der Waals surface area contributed by atoms with Crippen molar-refractivity contribution in [3.8, 4) is 0 Å². The van der Waals surface area contributed by atoms with E-state index in [9.17, 15) is 4.39 Å². The zero-order valence-electron chi connectivity index (χ0n) is 11.3. The van der Waals surface area contributed by atoms with Gasteiger partial charge in [-0.25, -0.2) is 4.39 Å². The van der Waals surface area contributed by atoms with Crippen molar-refractivity contribution in [2.45, 2.75) is 19.4 Å². The summed E-state index contributed by atoms with van der Waals surface area (Å²) in [6.07, 6.45) is 2.31. The summed E-state index contributed by atoms with van der Waals surface area (Å²) < 4.78 is 16.3. The van der Waals surface area contributed by atoms with Gasteiger partial charge in [0.15, 0.2) is 4.77 Å². The van der Waals surface area contributed by atoms with Crippen LogP contribution in [0, 0.1) is 16.5 Å². The molecule has 1 aliphatic rings. The summed E-state index contributed by atoms with van der Waals surface area (Å²) in [5.41, 5.74) is 1.60. The summed E-state index contributed by atoms with van der Waals surface area (Å²) in [5, 5.41) is 0.125. The lowest BCUT2D eigenvalue weighted by atomic mass is 9.97. The van der Waals surface area contributed by atoms with E-state index in [1.54, 1.807) is 6.07 Å². The molecule has 2 aromatic rings. The molecule has 0 unspecified atom stereocenters. The number of H-pyrrole nitrogens is 1. The van der Waals surface area contributed by atoms with Crippen LogP contribution in [0.3, 0.4) is 0 Å². The zero-order chi connectivity index (χ0) is 14.3. The molecular weight excluding hydrogens is 297 g/mol. The van der Waals surface area contributed by atoms with E-state index in [-0.39, 0.29) is 5.02 Å². The van der Waals surface area contributed by atoms with Gasteiger partial charge < -0.3 is 14.5 Å². The number of halogens is 2. The van der Waals surface area contributed by atoms with Crippen molar-refractivity contribution in [3.05, 3.63) is 27.7 Å². The van der Waals surface area contributed by atoms with E-state index in [0.29, 0.717) is 10.7 Å². The molecule has 1 aromatic heterocycles. The first-order valence-electron chi connectivity index (χ1n) is 6.80. The predicted octanol–water partition coefficient (Wildman–Crippen LogP) is 3.83. The van der Waals surface area contributed by atoms with Crippen molar-refractivity contribution in [1.29, 1.82) is 0 Å². The number of rotatable bonds is 2. The van der Waals surface area contributed by atoms with E-state index in [0.717, 1.165) is 43.5 Å². The van der Waals surface area contributed by atoms with Gasteiger partial charge in [-0.1, -0.05) is 11.6 Å². The molecule has 0 amide bonds. The Hall–Kier alpha value is -0.910. The molecule has 0 bridgehead atoms. The number of piperidine rings is 1. The molecule has 2 heterocycles. The predicted molar refractivity (Wildman–Crippen MR) is 82.3 cm³/mol. The molecule has 108 valence electrons. The fourth-order valence-electron chi connectivity index (χ4n) is 2.84. The maximum atomic E-state index is 13.7. The highest BCUT2D eigenvalue weighted by molar-refractivity contribution is 7.71. The molecule has 1 N–H and O–H groups in total. The van der Waals surface area contributed by atoms with Crippen LogP contribution in [0.2, 0.25) is 5.02 Å². The molecule has 1 saturated heterocycles.